The maximum Gasteiger partial charge on any atom is 0.333 e. The molecule has 40 heavy (non-hydrogen) atoms. The number of halogens is 1. The van der Waals surface area contributed by atoms with Gasteiger partial charge in [0, 0.05) is 17.5 Å². The van der Waals surface area contributed by atoms with Gasteiger partial charge in [0.25, 0.3) is 5.56 Å². The Bertz CT molecular complexity index is 1710. The summed E-state index contributed by atoms with van der Waals surface area (Å²) in [4.78, 5) is 52.7. The van der Waals surface area contributed by atoms with E-state index in [0.29, 0.717) is 15.1 Å². The predicted molar refractivity (Wildman–Crippen MR) is 142 cm³/mol. The van der Waals surface area contributed by atoms with E-state index in [0.717, 1.165) is 11.3 Å². The number of thiophene rings is 1. The summed E-state index contributed by atoms with van der Waals surface area (Å²) < 4.78 is 27.5. The Morgan fingerprint density at radius 3 is 2.50 bits per heavy atom. The number of aryl methyl sites for hydroxylation is 1. The van der Waals surface area contributed by atoms with Gasteiger partial charge in [-0.3, -0.25) is 14.2 Å². The van der Waals surface area contributed by atoms with Gasteiger partial charge in [0.1, 0.15) is 33.0 Å². The third kappa shape index (κ3) is 5.12. The first-order valence-corrected chi connectivity index (χ1v) is 12.8. The molecule has 0 saturated heterocycles. The number of carboxylic acids is 1. The number of fused-ring (bicyclic) bond motifs is 1. The van der Waals surface area contributed by atoms with Gasteiger partial charge >= 0.3 is 11.7 Å². The monoisotopic (exact) mass is 574 g/mol. The molecule has 0 aliphatic rings. The molecule has 15 heteroatoms. The van der Waals surface area contributed by atoms with E-state index in [2.05, 4.69) is 10.2 Å². The molecule has 1 atom stereocenters. The van der Waals surface area contributed by atoms with Crippen molar-refractivity contribution in [1.29, 1.82) is 0 Å². The van der Waals surface area contributed by atoms with E-state index in [-0.39, 0.29) is 41.1 Å². The fourth-order valence-corrected chi connectivity index (χ4v) is 5.48. The van der Waals surface area contributed by atoms with E-state index in [1.54, 1.807) is 6.92 Å². The SMILES string of the molecule is COc1ccc(F)cc1[C@H](Cn1c(=O)n(C(C)(C)C(=O)O)c(=O)c2c(C)c(-n3nccn3)sc21)OCCC(N)=O. The highest BCUT2D eigenvalue weighted by Gasteiger charge is 2.36. The van der Waals surface area contributed by atoms with Crippen LogP contribution in [0, 0.1) is 12.7 Å². The number of aliphatic carboxylic acids is 1. The van der Waals surface area contributed by atoms with Gasteiger partial charge in [0.2, 0.25) is 5.91 Å². The first-order valence-electron chi connectivity index (χ1n) is 12.0. The Hall–Kier alpha value is -4.37. The number of primary amides is 1. The van der Waals surface area contributed by atoms with Gasteiger partial charge in [-0.15, -0.1) is 4.80 Å². The van der Waals surface area contributed by atoms with E-state index in [4.69, 9.17) is 15.2 Å². The number of aromatic nitrogens is 5. The quantitative estimate of drug-likeness (QED) is 0.270. The van der Waals surface area contributed by atoms with E-state index < -0.39 is 40.6 Å². The molecule has 212 valence electrons. The Morgan fingerprint density at radius 1 is 1.23 bits per heavy atom. The largest absolute Gasteiger partial charge is 0.496 e. The summed E-state index contributed by atoms with van der Waals surface area (Å²) in [7, 11) is 1.38. The molecule has 0 saturated carbocycles. The maximum absolute atomic E-state index is 14.4. The topological polar surface area (TPSA) is 174 Å². The van der Waals surface area contributed by atoms with Crippen LogP contribution >= 0.6 is 11.3 Å². The van der Waals surface area contributed by atoms with Crippen LogP contribution in [0.15, 0.2) is 40.2 Å². The summed E-state index contributed by atoms with van der Waals surface area (Å²) in [5.41, 5.74) is 2.26. The molecular weight excluding hydrogens is 547 g/mol. The minimum absolute atomic E-state index is 0.0910. The van der Waals surface area contributed by atoms with Crippen LogP contribution in [0.2, 0.25) is 0 Å². The molecule has 3 N–H and O–H groups in total. The summed E-state index contributed by atoms with van der Waals surface area (Å²) in [5.74, 6) is -2.39. The van der Waals surface area contributed by atoms with Gasteiger partial charge in [-0.2, -0.15) is 10.2 Å². The third-order valence-corrected chi connectivity index (χ3v) is 7.71. The predicted octanol–water partition coefficient (Wildman–Crippen LogP) is 1.71. The average molecular weight is 575 g/mol. The normalized spacial score (nSPS) is 12.5. The second kappa shape index (κ2) is 11.0. The van der Waals surface area contributed by atoms with E-state index >= 15 is 0 Å². The van der Waals surface area contributed by atoms with Crippen LogP contribution in [0.1, 0.15) is 37.5 Å². The molecule has 3 heterocycles. The molecule has 0 spiro atoms. The van der Waals surface area contributed by atoms with Crippen LogP contribution in [0.3, 0.4) is 0 Å². The first-order chi connectivity index (χ1) is 18.9. The van der Waals surface area contributed by atoms with Crippen molar-refractivity contribution in [2.45, 2.75) is 45.4 Å². The van der Waals surface area contributed by atoms with Crippen LogP contribution in [0.25, 0.3) is 15.2 Å². The van der Waals surface area contributed by atoms with Gasteiger partial charge < -0.3 is 20.3 Å². The van der Waals surface area contributed by atoms with Crippen LogP contribution < -0.4 is 21.7 Å². The van der Waals surface area contributed by atoms with Crippen molar-refractivity contribution in [2.75, 3.05) is 13.7 Å². The maximum atomic E-state index is 14.4. The van der Waals surface area contributed by atoms with Crippen molar-refractivity contribution < 1.29 is 28.6 Å². The number of carboxylic acid groups (broad SMARTS) is 1. The lowest BCUT2D eigenvalue weighted by molar-refractivity contribution is -0.146. The van der Waals surface area contributed by atoms with Gasteiger partial charge in [0.15, 0.2) is 0 Å². The molecular formula is C25H27FN6O7S. The van der Waals surface area contributed by atoms with Crippen molar-refractivity contribution in [2.24, 2.45) is 5.73 Å². The number of nitrogens with two attached hydrogens (primary N) is 1. The molecule has 1 amide bonds. The lowest BCUT2D eigenvalue weighted by Gasteiger charge is -2.25. The number of ether oxygens (including phenoxy) is 2. The smallest absolute Gasteiger partial charge is 0.333 e. The molecule has 13 nitrogen and oxygen atoms in total. The number of hydrogen-bond donors (Lipinski definition) is 2. The zero-order valence-corrected chi connectivity index (χ0v) is 22.9. The van der Waals surface area contributed by atoms with Crippen molar-refractivity contribution in [3.05, 3.63) is 68.4 Å². The van der Waals surface area contributed by atoms with Crippen LogP contribution in [-0.2, 0) is 26.4 Å². The van der Waals surface area contributed by atoms with Gasteiger partial charge in [-0.25, -0.2) is 18.5 Å². The lowest BCUT2D eigenvalue weighted by Crippen LogP contribution is -2.52. The summed E-state index contributed by atoms with van der Waals surface area (Å²) in [6.07, 6.45) is 1.67. The summed E-state index contributed by atoms with van der Waals surface area (Å²) in [6, 6.07) is 3.75. The standard InChI is InChI=1S/C25H27FN6O7S/c1-13-19-20(34)31(25(2,3)23(35)36)24(37)30(22(19)40-21(13)32-28-8-9-29-32)12-17(39-10-7-18(27)33)15-11-14(26)5-6-16(15)38-4/h5-6,8-9,11,17H,7,10,12H2,1-4H3,(H2,27,33)(H,35,36)/t17-/m0/s1. The summed E-state index contributed by atoms with van der Waals surface area (Å²) >= 11 is 1.05. The Morgan fingerprint density at radius 2 is 1.90 bits per heavy atom. The Balaban J connectivity index is 2.02. The van der Waals surface area contributed by atoms with E-state index in [9.17, 15) is 28.7 Å². The molecule has 4 rings (SSSR count). The van der Waals surface area contributed by atoms with E-state index in [1.807, 2.05) is 0 Å². The van der Waals surface area contributed by atoms with Gasteiger partial charge in [-0.1, -0.05) is 11.3 Å². The number of carbonyl (C=O) groups is 2. The van der Waals surface area contributed by atoms with Crippen molar-refractivity contribution >= 4 is 33.4 Å². The van der Waals surface area contributed by atoms with E-state index in [1.165, 1.54) is 60.9 Å². The molecule has 4 aromatic rings. The number of benzene rings is 1. The molecule has 0 aliphatic heterocycles. The number of nitrogens with zero attached hydrogens (tertiary/aromatic N) is 5. The van der Waals surface area contributed by atoms with Crippen molar-refractivity contribution in [3.8, 4) is 10.8 Å². The average Bonchev–Trinajstić information content (AvgIpc) is 3.53. The highest BCUT2D eigenvalue weighted by molar-refractivity contribution is 7.21. The molecule has 0 fully saturated rings. The second-order valence-corrected chi connectivity index (χ2v) is 10.4. The number of rotatable bonds is 11. The Kier molecular flexibility index (Phi) is 7.88. The molecule has 0 unspecified atom stereocenters. The number of amides is 1. The minimum Gasteiger partial charge on any atom is -0.496 e. The minimum atomic E-state index is -1.93. The number of hydrogen-bond acceptors (Lipinski definition) is 9. The molecule has 0 radical (unpaired) electrons. The highest BCUT2D eigenvalue weighted by Crippen LogP contribution is 2.34. The highest BCUT2D eigenvalue weighted by atomic mass is 32.1. The zero-order chi connectivity index (χ0) is 29.4. The van der Waals surface area contributed by atoms with Crippen LogP contribution in [0.5, 0.6) is 5.75 Å². The fraction of sp³-hybridized carbons (Fsp3) is 0.360. The summed E-state index contributed by atoms with van der Waals surface area (Å²) in [5, 5.41) is 18.7. The van der Waals surface area contributed by atoms with Crippen LogP contribution in [0.4, 0.5) is 4.39 Å². The fourth-order valence-electron chi connectivity index (χ4n) is 4.26. The van der Waals surface area contributed by atoms with Gasteiger partial charge in [0.05, 0.1) is 38.0 Å². The van der Waals surface area contributed by atoms with Crippen molar-refractivity contribution in [3.63, 3.8) is 0 Å². The first kappa shape index (κ1) is 28.6. The number of carbonyl (C=O) groups excluding carboxylic acids is 1. The molecule has 0 bridgehead atoms. The van der Waals surface area contributed by atoms with Gasteiger partial charge in [-0.05, 0) is 39.0 Å². The number of methoxy groups -OCH3 is 1. The van der Waals surface area contributed by atoms with Crippen LogP contribution in [-0.4, -0.2) is 54.8 Å². The Labute approximate surface area is 230 Å². The second-order valence-electron chi connectivity index (χ2n) is 9.39. The summed E-state index contributed by atoms with van der Waals surface area (Å²) in [6.45, 7) is 3.66. The molecule has 1 aromatic carbocycles. The van der Waals surface area contributed by atoms with Crippen molar-refractivity contribution in [1.82, 2.24) is 24.1 Å². The molecule has 3 aromatic heterocycles. The molecule has 0 aliphatic carbocycles. The third-order valence-electron chi connectivity index (χ3n) is 6.42. The zero-order valence-electron chi connectivity index (χ0n) is 22.1. The lowest BCUT2D eigenvalue weighted by atomic mass is 10.1.